The molecular formula is C30H34N2O6. The summed E-state index contributed by atoms with van der Waals surface area (Å²) in [5.41, 5.74) is 2.60. The summed E-state index contributed by atoms with van der Waals surface area (Å²) in [4.78, 5) is 26.4. The van der Waals surface area contributed by atoms with Crippen molar-refractivity contribution in [2.45, 2.75) is 12.8 Å². The van der Waals surface area contributed by atoms with E-state index in [4.69, 9.17) is 18.9 Å². The van der Waals surface area contributed by atoms with Crippen LogP contribution in [0.4, 0.5) is 0 Å². The molecule has 0 aromatic heterocycles. The lowest BCUT2D eigenvalue weighted by Gasteiger charge is -2.13. The first kappa shape index (κ1) is 28.1. The van der Waals surface area contributed by atoms with Crippen LogP contribution in [0, 0.1) is 0 Å². The lowest BCUT2D eigenvalue weighted by Crippen LogP contribution is -2.36. The van der Waals surface area contributed by atoms with E-state index >= 15 is 0 Å². The van der Waals surface area contributed by atoms with E-state index in [0.717, 1.165) is 22.6 Å². The topological polar surface area (TPSA) is 95.1 Å². The summed E-state index contributed by atoms with van der Waals surface area (Å²) < 4.78 is 21.1. The highest BCUT2D eigenvalue weighted by Gasteiger charge is 2.19. The molecule has 3 aromatic rings. The number of carbonyl (C=O) groups excluding carboxylic acids is 2. The Hall–Kier alpha value is -4.46. The van der Waals surface area contributed by atoms with Gasteiger partial charge in [-0.3, -0.25) is 9.59 Å². The van der Waals surface area contributed by atoms with Crippen LogP contribution in [0.15, 0.2) is 72.3 Å². The zero-order valence-corrected chi connectivity index (χ0v) is 22.2. The molecule has 0 spiro atoms. The molecule has 0 atom stereocenters. The summed E-state index contributed by atoms with van der Waals surface area (Å²) in [7, 11) is 6.31. The summed E-state index contributed by atoms with van der Waals surface area (Å²) in [6, 6.07) is 20.4. The predicted molar refractivity (Wildman–Crippen MR) is 147 cm³/mol. The second-order valence-electron chi connectivity index (χ2n) is 8.37. The molecule has 0 aliphatic heterocycles. The second-order valence-corrected chi connectivity index (χ2v) is 8.37. The van der Waals surface area contributed by atoms with E-state index in [1.54, 1.807) is 39.5 Å². The quantitative estimate of drug-likeness (QED) is 0.203. The summed E-state index contributed by atoms with van der Waals surface area (Å²) in [6.07, 6.45) is 2.72. The van der Waals surface area contributed by atoms with Crippen molar-refractivity contribution >= 4 is 17.9 Å². The van der Waals surface area contributed by atoms with Crippen molar-refractivity contribution in [1.82, 2.24) is 10.6 Å². The highest BCUT2D eigenvalue weighted by atomic mass is 16.5. The molecule has 8 heteroatoms. The highest BCUT2D eigenvalue weighted by Crippen LogP contribution is 2.26. The molecule has 0 aliphatic rings. The zero-order chi connectivity index (χ0) is 27.3. The van der Waals surface area contributed by atoms with Crippen LogP contribution in [0.2, 0.25) is 0 Å². The third kappa shape index (κ3) is 8.03. The number of carbonyl (C=O) groups is 2. The van der Waals surface area contributed by atoms with Gasteiger partial charge in [0.15, 0.2) is 0 Å². The Morgan fingerprint density at radius 2 is 1.08 bits per heavy atom. The maximum atomic E-state index is 13.2. The number of amides is 2. The van der Waals surface area contributed by atoms with Gasteiger partial charge >= 0.3 is 0 Å². The summed E-state index contributed by atoms with van der Waals surface area (Å²) in [5.74, 6) is 1.66. The molecule has 0 fully saturated rings. The van der Waals surface area contributed by atoms with Gasteiger partial charge in [0.05, 0.1) is 28.4 Å². The van der Waals surface area contributed by atoms with E-state index in [-0.39, 0.29) is 5.57 Å². The van der Waals surface area contributed by atoms with Crippen LogP contribution in [0.1, 0.15) is 16.7 Å². The van der Waals surface area contributed by atoms with Crippen LogP contribution in [-0.2, 0) is 22.4 Å². The van der Waals surface area contributed by atoms with Crippen LogP contribution in [0.5, 0.6) is 23.0 Å². The molecule has 38 heavy (non-hydrogen) atoms. The Balaban J connectivity index is 1.73. The Kier molecular flexibility index (Phi) is 10.6. The van der Waals surface area contributed by atoms with Gasteiger partial charge in [-0.1, -0.05) is 24.3 Å². The van der Waals surface area contributed by atoms with Crippen molar-refractivity contribution in [2.24, 2.45) is 0 Å². The minimum absolute atomic E-state index is 0.0268. The lowest BCUT2D eigenvalue weighted by atomic mass is 10.1. The van der Waals surface area contributed by atoms with Gasteiger partial charge in [-0.15, -0.1) is 0 Å². The van der Waals surface area contributed by atoms with Crippen LogP contribution < -0.4 is 29.6 Å². The average Bonchev–Trinajstić information content (AvgIpc) is 2.96. The molecule has 0 aliphatic carbocycles. The standard InChI is InChI=1S/C30H34N2O6/c1-35-24-9-5-21(6-10-24)15-17-31-29(33)27(20-23-19-26(37-3)13-14-28(23)38-4)30(34)32-18-16-22-7-11-25(36-2)12-8-22/h5-14,19-20H,15-18H2,1-4H3,(H,31,33)(H,32,34). The Morgan fingerprint density at radius 1 is 0.632 bits per heavy atom. The summed E-state index contributed by atoms with van der Waals surface area (Å²) >= 11 is 0. The maximum absolute atomic E-state index is 13.2. The largest absolute Gasteiger partial charge is 0.497 e. The molecule has 8 nitrogen and oxygen atoms in total. The number of hydrogen-bond acceptors (Lipinski definition) is 6. The first-order chi connectivity index (χ1) is 18.5. The average molecular weight is 519 g/mol. The van der Waals surface area contributed by atoms with E-state index in [0.29, 0.717) is 43.0 Å². The molecule has 0 saturated heterocycles. The maximum Gasteiger partial charge on any atom is 0.256 e. The fourth-order valence-corrected chi connectivity index (χ4v) is 3.76. The van der Waals surface area contributed by atoms with Crippen molar-refractivity contribution in [2.75, 3.05) is 41.5 Å². The monoisotopic (exact) mass is 518 g/mol. The number of hydrogen-bond donors (Lipinski definition) is 2. The molecular weight excluding hydrogens is 484 g/mol. The van der Waals surface area contributed by atoms with Gasteiger partial charge in [0.1, 0.15) is 28.6 Å². The summed E-state index contributed by atoms with van der Waals surface area (Å²) in [5, 5.41) is 5.73. The smallest absolute Gasteiger partial charge is 0.256 e. The van der Waals surface area contributed by atoms with Crippen LogP contribution in [0.3, 0.4) is 0 Å². The van der Waals surface area contributed by atoms with Gasteiger partial charge < -0.3 is 29.6 Å². The van der Waals surface area contributed by atoms with Gasteiger partial charge in [-0.05, 0) is 72.5 Å². The van der Waals surface area contributed by atoms with Gasteiger partial charge in [-0.25, -0.2) is 0 Å². The van der Waals surface area contributed by atoms with Crippen molar-refractivity contribution in [3.63, 3.8) is 0 Å². The number of methoxy groups -OCH3 is 4. The fourth-order valence-electron chi connectivity index (χ4n) is 3.76. The van der Waals surface area contributed by atoms with E-state index in [9.17, 15) is 9.59 Å². The van der Waals surface area contributed by atoms with E-state index in [1.807, 2.05) is 48.5 Å². The normalized spacial score (nSPS) is 10.2. The molecule has 0 unspecified atom stereocenters. The molecule has 0 radical (unpaired) electrons. The van der Waals surface area contributed by atoms with Gasteiger partial charge in [-0.2, -0.15) is 0 Å². The molecule has 3 aromatic carbocycles. The van der Waals surface area contributed by atoms with E-state index in [1.165, 1.54) is 13.2 Å². The molecule has 0 bridgehead atoms. The van der Waals surface area contributed by atoms with E-state index < -0.39 is 11.8 Å². The molecule has 3 rings (SSSR count). The van der Waals surface area contributed by atoms with Crippen LogP contribution in [0.25, 0.3) is 6.08 Å². The van der Waals surface area contributed by atoms with Gasteiger partial charge in [0.2, 0.25) is 0 Å². The molecule has 200 valence electrons. The van der Waals surface area contributed by atoms with Crippen molar-refractivity contribution in [3.8, 4) is 23.0 Å². The Bertz CT molecular complexity index is 1170. The fraction of sp³-hybridized carbons (Fsp3) is 0.267. The molecule has 0 heterocycles. The van der Waals surface area contributed by atoms with E-state index in [2.05, 4.69) is 10.6 Å². The highest BCUT2D eigenvalue weighted by molar-refractivity contribution is 6.21. The zero-order valence-electron chi connectivity index (χ0n) is 22.2. The number of benzene rings is 3. The second kappa shape index (κ2) is 14.3. The minimum atomic E-state index is -0.481. The first-order valence-corrected chi connectivity index (χ1v) is 12.2. The van der Waals surface area contributed by atoms with Gasteiger partial charge in [0, 0.05) is 18.7 Å². The first-order valence-electron chi connectivity index (χ1n) is 12.2. The van der Waals surface area contributed by atoms with Crippen molar-refractivity contribution < 1.29 is 28.5 Å². The number of nitrogens with one attached hydrogen (secondary N) is 2. The SMILES string of the molecule is COc1ccc(CCNC(=O)C(=Cc2cc(OC)ccc2OC)C(=O)NCCc2ccc(OC)cc2)cc1. The van der Waals surface area contributed by atoms with Crippen LogP contribution >= 0.6 is 0 Å². The van der Waals surface area contributed by atoms with Crippen LogP contribution in [-0.4, -0.2) is 53.3 Å². The summed E-state index contributed by atoms with van der Waals surface area (Å²) in [6.45, 7) is 0.716. The Labute approximate surface area is 223 Å². The Morgan fingerprint density at radius 3 is 1.50 bits per heavy atom. The molecule has 0 saturated carbocycles. The predicted octanol–water partition coefficient (Wildman–Crippen LogP) is 3.82. The lowest BCUT2D eigenvalue weighted by molar-refractivity contribution is -0.123. The third-order valence-corrected chi connectivity index (χ3v) is 5.94. The minimum Gasteiger partial charge on any atom is -0.497 e. The number of ether oxygens (including phenoxy) is 4. The third-order valence-electron chi connectivity index (χ3n) is 5.94. The number of rotatable bonds is 13. The van der Waals surface area contributed by atoms with Crippen molar-refractivity contribution in [3.05, 3.63) is 89.0 Å². The molecule has 2 amide bonds. The van der Waals surface area contributed by atoms with Crippen molar-refractivity contribution in [1.29, 1.82) is 0 Å². The van der Waals surface area contributed by atoms with Gasteiger partial charge in [0.25, 0.3) is 11.8 Å². The molecule has 2 N–H and O–H groups in total.